The van der Waals surface area contributed by atoms with Crippen LogP contribution in [0, 0.1) is 0 Å². The molecule has 0 bridgehead atoms. The SMILES string of the molecule is CCN1CCC(c2nc(CCN)co2)CC1. The maximum absolute atomic E-state index is 5.54. The molecule has 1 saturated heterocycles. The van der Waals surface area contributed by atoms with Crippen molar-refractivity contribution in [2.24, 2.45) is 5.73 Å². The van der Waals surface area contributed by atoms with E-state index in [1.165, 1.54) is 0 Å². The highest BCUT2D eigenvalue weighted by molar-refractivity contribution is 5.02. The number of hydrogen-bond donors (Lipinski definition) is 1. The standard InChI is InChI=1S/C12H21N3O/c1-2-15-7-4-10(5-8-15)12-14-11(3-6-13)9-16-12/h9-10H,2-8,13H2,1H3. The number of rotatable bonds is 4. The lowest BCUT2D eigenvalue weighted by Gasteiger charge is -2.29. The van der Waals surface area contributed by atoms with Crippen LogP contribution in [0.3, 0.4) is 0 Å². The van der Waals surface area contributed by atoms with Gasteiger partial charge in [0.1, 0.15) is 6.26 Å². The molecule has 0 spiro atoms. The summed E-state index contributed by atoms with van der Waals surface area (Å²) >= 11 is 0. The molecule has 2 N–H and O–H groups in total. The van der Waals surface area contributed by atoms with Gasteiger partial charge in [-0.25, -0.2) is 4.98 Å². The van der Waals surface area contributed by atoms with E-state index in [4.69, 9.17) is 10.2 Å². The van der Waals surface area contributed by atoms with Crippen molar-refractivity contribution >= 4 is 0 Å². The molecule has 1 aromatic rings. The lowest BCUT2D eigenvalue weighted by molar-refractivity contribution is 0.208. The molecule has 16 heavy (non-hydrogen) atoms. The highest BCUT2D eigenvalue weighted by Gasteiger charge is 2.23. The van der Waals surface area contributed by atoms with Gasteiger partial charge in [0.15, 0.2) is 5.89 Å². The van der Waals surface area contributed by atoms with E-state index in [0.29, 0.717) is 12.5 Å². The molecule has 2 heterocycles. The molecule has 0 amide bonds. The summed E-state index contributed by atoms with van der Waals surface area (Å²) < 4.78 is 5.54. The summed E-state index contributed by atoms with van der Waals surface area (Å²) in [5, 5.41) is 0. The Balaban J connectivity index is 1.92. The van der Waals surface area contributed by atoms with Gasteiger partial charge >= 0.3 is 0 Å². The van der Waals surface area contributed by atoms with Gasteiger partial charge in [-0.15, -0.1) is 0 Å². The molecule has 4 heteroatoms. The number of likely N-dealkylation sites (tertiary alicyclic amines) is 1. The van der Waals surface area contributed by atoms with E-state index in [-0.39, 0.29) is 0 Å². The van der Waals surface area contributed by atoms with E-state index in [1.54, 1.807) is 6.26 Å². The van der Waals surface area contributed by atoms with E-state index in [2.05, 4.69) is 16.8 Å². The zero-order valence-electron chi connectivity index (χ0n) is 9.98. The van der Waals surface area contributed by atoms with Crippen molar-refractivity contribution in [1.82, 2.24) is 9.88 Å². The van der Waals surface area contributed by atoms with Crippen LogP contribution < -0.4 is 5.73 Å². The minimum atomic E-state index is 0.509. The summed E-state index contributed by atoms with van der Waals surface area (Å²) in [7, 11) is 0. The highest BCUT2D eigenvalue weighted by atomic mass is 16.3. The van der Waals surface area contributed by atoms with Crippen LogP contribution in [0.15, 0.2) is 10.7 Å². The van der Waals surface area contributed by atoms with Crippen LogP contribution in [0.2, 0.25) is 0 Å². The Bertz CT molecular complexity index is 316. The number of nitrogens with two attached hydrogens (primary N) is 1. The Labute approximate surface area is 96.8 Å². The Morgan fingerprint density at radius 2 is 2.25 bits per heavy atom. The monoisotopic (exact) mass is 223 g/mol. The number of nitrogens with zero attached hydrogens (tertiary/aromatic N) is 2. The van der Waals surface area contributed by atoms with Crippen molar-refractivity contribution in [2.45, 2.75) is 32.1 Å². The fourth-order valence-corrected chi connectivity index (χ4v) is 2.27. The van der Waals surface area contributed by atoms with Crippen LogP contribution in [-0.4, -0.2) is 36.1 Å². The van der Waals surface area contributed by atoms with Crippen molar-refractivity contribution in [1.29, 1.82) is 0 Å². The average molecular weight is 223 g/mol. The molecule has 1 aliphatic rings. The molecule has 0 aromatic carbocycles. The van der Waals surface area contributed by atoms with Crippen LogP contribution in [-0.2, 0) is 6.42 Å². The second-order valence-electron chi connectivity index (χ2n) is 4.42. The molecule has 1 aromatic heterocycles. The Hall–Kier alpha value is -0.870. The highest BCUT2D eigenvalue weighted by Crippen LogP contribution is 2.27. The lowest BCUT2D eigenvalue weighted by atomic mass is 9.97. The zero-order valence-corrected chi connectivity index (χ0v) is 9.98. The average Bonchev–Trinajstić information content (AvgIpc) is 2.78. The summed E-state index contributed by atoms with van der Waals surface area (Å²) in [6.07, 6.45) is 4.90. The minimum absolute atomic E-state index is 0.509. The van der Waals surface area contributed by atoms with E-state index in [9.17, 15) is 0 Å². The van der Waals surface area contributed by atoms with Gasteiger partial charge in [0.25, 0.3) is 0 Å². The number of piperidine rings is 1. The van der Waals surface area contributed by atoms with Gasteiger partial charge < -0.3 is 15.1 Å². The van der Waals surface area contributed by atoms with Crippen LogP contribution in [0.5, 0.6) is 0 Å². The van der Waals surface area contributed by atoms with Crippen LogP contribution in [0.25, 0.3) is 0 Å². The summed E-state index contributed by atoms with van der Waals surface area (Å²) in [4.78, 5) is 6.98. The van der Waals surface area contributed by atoms with Crippen LogP contribution in [0.4, 0.5) is 0 Å². The van der Waals surface area contributed by atoms with E-state index in [0.717, 1.165) is 50.5 Å². The second-order valence-corrected chi connectivity index (χ2v) is 4.42. The third-order valence-corrected chi connectivity index (χ3v) is 3.35. The quantitative estimate of drug-likeness (QED) is 0.837. The third kappa shape index (κ3) is 2.62. The zero-order chi connectivity index (χ0) is 11.4. The topological polar surface area (TPSA) is 55.3 Å². The van der Waals surface area contributed by atoms with Gasteiger partial charge in [0, 0.05) is 12.3 Å². The largest absolute Gasteiger partial charge is 0.448 e. The predicted octanol–water partition coefficient (Wildman–Crippen LogP) is 1.38. The molecule has 2 rings (SSSR count). The van der Waals surface area contributed by atoms with Crippen LogP contribution in [0.1, 0.15) is 37.3 Å². The van der Waals surface area contributed by atoms with Crippen molar-refractivity contribution in [3.63, 3.8) is 0 Å². The van der Waals surface area contributed by atoms with Crippen molar-refractivity contribution in [2.75, 3.05) is 26.2 Å². The number of oxazole rings is 1. The molecule has 4 nitrogen and oxygen atoms in total. The smallest absolute Gasteiger partial charge is 0.197 e. The maximum Gasteiger partial charge on any atom is 0.197 e. The fourth-order valence-electron chi connectivity index (χ4n) is 2.27. The first-order valence-electron chi connectivity index (χ1n) is 6.20. The summed E-state index contributed by atoms with van der Waals surface area (Å²) in [6.45, 7) is 6.33. The molecular weight excluding hydrogens is 202 g/mol. The molecule has 0 aliphatic carbocycles. The first-order chi connectivity index (χ1) is 7.83. The van der Waals surface area contributed by atoms with Gasteiger partial charge in [0.05, 0.1) is 5.69 Å². The number of hydrogen-bond acceptors (Lipinski definition) is 4. The fraction of sp³-hybridized carbons (Fsp3) is 0.750. The molecule has 1 fully saturated rings. The Morgan fingerprint density at radius 3 is 2.88 bits per heavy atom. The minimum Gasteiger partial charge on any atom is -0.448 e. The molecule has 1 aliphatic heterocycles. The summed E-state index contributed by atoms with van der Waals surface area (Å²) in [6, 6.07) is 0. The Kier molecular flexibility index (Phi) is 3.96. The van der Waals surface area contributed by atoms with Gasteiger partial charge in [-0.3, -0.25) is 0 Å². The van der Waals surface area contributed by atoms with Gasteiger partial charge in [-0.1, -0.05) is 6.92 Å². The molecule has 0 atom stereocenters. The second kappa shape index (κ2) is 5.46. The molecule has 0 saturated carbocycles. The summed E-state index contributed by atoms with van der Waals surface area (Å²) in [5.41, 5.74) is 6.49. The van der Waals surface area contributed by atoms with Gasteiger partial charge in [0.2, 0.25) is 0 Å². The number of aromatic nitrogens is 1. The van der Waals surface area contributed by atoms with Crippen LogP contribution >= 0.6 is 0 Å². The lowest BCUT2D eigenvalue weighted by Crippen LogP contribution is -2.32. The third-order valence-electron chi connectivity index (χ3n) is 3.35. The Morgan fingerprint density at radius 1 is 1.50 bits per heavy atom. The maximum atomic E-state index is 5.54. The first kappa shape index (κ1) is 11.6. The van der Waals surface area contributed by atoms with Gasteiger partial charge in [-0.05, 0) is 39.0 Å². The normalized spacial score (nSPS) is 19.1. The first-order valence-corrected chi connectivity index (χ1v) is 6.20. The molecule has 0 unspecified atom stereocenters. The summed E-state index contributed by atoms with van der Waals surface area (Å²) in [5.74, 6) is 1.42. The van der Waals surface area contributed by atoms with Crippen molar-refractivity contribution < 1.29 is 4.42 Å². The van der Waals surface area contributed by atoms with E-state index in [1.807, 2.05) is 0 Å². The van der Waals surface area contributed by atoms with E-state index < -0.39 is 0 Å². The van der Waals surface area contributed by atoms with Crippen molar-refractivity contribution in [3.05, 3.63) is 17.8 Å². The molecule has 90 valence electrons. The molecule has 0 radical (unpaired) electrons. The molecular formula is C12H21N3O. The van der Waals surface area contributed by atoms with E-state index >= 15 is 0 Å². The van der Waals surface area contributed by atoms with Crippen molar-refractivity contribution in [3.8, 4) is 0 Å². The predicted molar refractivity (Wildman–Crippen MR) is 63.4 cm³/mol. The van der Waals surface area contributed by atoms with Gasteiger partial charge in [-0.2, -0.15) is 0 Å².